The Morgan fingerprint density at radius 1 is 1.36 bits per heavy atom. The fraction of sp³-hybridized carbons (Fsp3) is 0.333. The van der Waals surface area contributed by atoms with E-state index in [1.165, 1.54) is 0 Å². The molecule has 0 fully saturated rings. The van der Waals surface area contributed by atoms with Crippen molar-refractivity contribution in [2.75, 3.05) is 0 Å². The Balaban J connectivity index is 1.57. The van der Waals surface area contributed by atoms with Gasteiger partial charge in [-0.25, -0.2) is 4.98 Å². The number of nitrogens with zero attached hydrogens (tertiary/aromatic N) is 4. The molecular formula is C18H19N5O2. The fourth-order valence-corrected chi connectivity index (χ4v) is 3.29. The normalized spacial score (nSPS) is 16.4. The highest BCUT2D eigenvalue weighted by molar-refractivity contribution is 5.78. The second-order valence-electron chi connectivity index (χ2n) is 6.21. The summed E-state index contributed by atoms with van der Waals surface area (Å²) in [6.45, 7) is 2.65. The fourth-order valence-electron chi connectivity index (χ4n) is 3.29. The van der Waals surface area contributed by atoms with Crippen LogP contribution < -0.4 is 5.32 Å². The first kappa shape index (κ1) is 15.6. The zero-order chi connectivity index (χ0) is 17.2. The van der Waals surface area contributed by atoms with Crippen LogP contribution in [0.4, 0.5) is 0 Å². The number of rotatable bonds is 4. The minimum Gasteiger partial charge on any atom is -0.347 e. The van der Waals surface area contributed by atoms with E-state index in [-0.39, 0.29) is 18.4 Å². The molecule has 0 saturated carbocycles. The van der Waals surface area contributed by atoms with Crippen LogP contribution in [0.15, 0.2) is 41.2 Å². The first-order valence-corrected chi connectivity index (χ1v) is 8.39. The zero-order valence-electron chi connectivity index (χ0n) is 14.0. The molecule has 0 aliphatic carbocycles. The number of amides is 1. The van der Waals surface area contributed by atoms with Crippen LogP contribution in [-0.2, 0) is 17.8 Å². The molecule has 1 unspecified atom stereocenters. The van der Waals surface area contributed by atoms with Crippen molar-refractivity contribution in [3.8, 4) is 11.3 Å². The zero-order valence-corrected chi connectivity index (χ0v) is 14.0. The quantitative estimate of drug-likeness (QED) is 0.790. The highest BCUT2D eigenvalue weighted by Crippen LogP contribution is 2.33. The maximum absolute atomic E-state index is 12.4. The number of aromatic nitrogens is 4. The van der Waals surface area contributed by atoms with Gasteiger partial charge in [0, 0.05) is 12.1 Å². The first-order chi connectivity index (χ1) is 12.2. The highest BCUT2D eigenvalue weighted by atomic mass is 16.5. The number of carbonyl (C=O) groups excluding carboxylic acids is 1. The van der Waals surface area contributed by atoms with Gasteiger partial charge in [-0.3, -0.25) is 4.79 Å². The third-order valence-electron chi connectivity index (χ3n) is 4.36. The molecule has 2 aromatic heterocycles. The number of hydrogen-bond donors (Lipinski definition) is 1. The van der Waals surface area contributed by atoms with E-state index in [1.807, 2.05) is 36.7 Å². The number of carbonyl (C=O) groups is 1. The molecule has 4 rings (SSSR count). The predicted octanol–water partition coefficient (Wildman–Crippen LogP) is 2.44. The standard InChI is InChI=1S/C18H19N5O2/c1-12-20-16(25-22-12)10-15(24)21-14-8-5-9-23-11-19-17(18(14)23)13-6-3-2-4-7-13/h2-4,6-7,11,14H,5,8-10H2,1H3,(H,21,24). The molecule has 7 heteroatoms. The summed E-state index contributed by atoms with van der Waals surface area (Å²) < 4.78 is 7.16. The van der Waals surface area contributed by atoms with E-state index in [2.05, 4.69) is 25.0 Å². The van der Waals surface area contributed by atoms with Crippen LogP contribution >= 0.6 is 0 Å². The number of hydrogen-bond acceptors (Lipinski definition) is 5. The van der Waals surface area contributed by atoms with Crippen LogP contribution in [0.1, 0.15) is 36.3 Å². The largest absolute Gasteiger partial charge is 0.347 e. The monoisotopic (exact) mass is 337 g/mol. The van der Waals surface area contributed by atoms with Gasteiger partial charge < -0.3 is 14.4 Å². The third kappa shape index (κ3) is 3.17. The Hall–Kier alpha value is -2.96. The molecular weight excluding hydrogens is 318 g/mol. The Morgan fingerprint density at radius 3 is 2.96 bits per heavy atom. The van der Waals surface area contributed by atoms with Crippen LogP contribution in [-0.4, -0.2) is 25.6 Å². The lowest BCUT2D eigenvalue weighted by molar-refractivity contribution is -0.121. The van der Waals surface area contributed by atoms with Gasteiger partial charge in [-0.15, -0.1) is 0 Å². The van der Waals surface area contributed by atoms with Gasteiger partial charge in [0.15, 0.2) is 5.82 Å². The topological polar surface area (TPSA) is 85.8 Å². The second kappa shape index (κ2) is 6.51. The Bertz CT molecular complexity index is 884. The van der Waals surface area contributed by atoms with E-state index in [9.17, 15) is 4.79 Å². The molecule has 3 aromatic rings. The summed E-state index contributed by atoms with van der Waals surface area (Å²) in [4.78, 5) is 21.1. The summed E-state index contributed by atoms with van der Waals surface area (Å²) in [5.74, 6) is 0.745. The summed E-state index contributed by atoms with van der Waals surface area (Å²) >= 11 is 0. The second-order valence-corrected chi connectivity index (χ2v) is 6.21. The van der Waals surface area contributed by atoms with Crippen molar-refractivity contribution >= 4 is 5.91 Å². The van der Waals surface area contributed by atoms with Crippen molar-refractivity contribution in [2.45, 2.75) is 38.8 Å². The van der Waals surface area contributed by atoms with E-state index in [1.54, 1.807) is 6.92 Å². The van der Waals surface area contributed by atoms with Crippen molar-refractivity contribution in [3.63, 3.8) is 0 Å². The molecule has 128 valence electrons. The SMILES string of the molecule is Cc1noc(CC(=O)NC2CCCn3cnc(-c4ccccc4)c32)n1. The van der Waals surface area contributed by atoms with Gasteiger partial charge >= 0.3 is 0 Å². The first-order valence-electron chi connectivity index (χ1n) is 8.39. The maximum atomic E-state index is 12.4. The molecule has 1 N–H and O–H groups in total. The van der Waals surface area contributed by atoms with E-state index >= 15 is 0 Å². The molecule has 1 amide bonds. The van der Waals surface area contributed by atoms with Crippen LogP contribution in [0.2, 0.25) is 0 Å². The van der Waals surface area contributed by atoms with Crippen molar-refractivity contribution in [1.29, 1.82) is 0 Å². The van der Waals surface area contributed by atoms with E-state index < -0.39 is 0 Å². The summed E-state index contributed by atoms with van der Waals surface area (Å²) in [5.41, 5.74) is 3.05. The number of imidazole rings is 1. The lowest BCUT2D eigenvalue weighted by atomic mass is 9.98. The van der Waals surface area contributed by atoms with Gasteiger partial charge in [-0.05, 0) is 19.8 Å². The van der Waals surface area contributed by atoms with Gasteiger partial charge in [0.25, 0.3) is 0 Å². The summed E-state index contributed by atoms with van der Waals surface area (Å²) in [7, 11) is 0. The average molecular weight is 337 g/mol. The molecule has 1 atom stereocenters. The molecule has 0 bridgehead atoms. The lowest BCUT2D eigenvalue weighted by Crippen LogP contribution is -2.33. The third-order valence-corrected chi connectivity index (χ3v) is 4.36. The van der Waals surface area contributed by atoms with Crippen LogP contribution in [0, 0.1) is 6.92 Å². The smallest absolute Gasteiger partial charge is 0.236 e. The number of fused-ring (bicyclic) bond motifs is 1. The molecule has 25 heavy (non-hydrogen) atoms. The van der Waals surface area contributed by atoms with Crippen molar-refractivity contribution in [2.24, 2.45) is 0 Å². The number of aryl methyl sites for hydroxylation is 2. The van der Waals surface area contributed by atoms with Gasteiger partial charge in [0.1, 0.15) is 6.42 Å². The summed E-state index contributed by atoms with van der Waals surface area (Å²) in [6, 6.07) is 9.99. The van der Waals surface area contributed by atoms with E-state index in [4.69, 9.17) is 4.52 Å². The Labute approximate surface area is 145 Å². The highest BCUT2D eigenvalue weighted by Gasteiger charge is 2.27. The summed E-state index contributed by atoms with van der Waals surface area (Å²) in [6.07, 6.45) is 3.84. The van der Waals surface area contributed by atoms with Crippen LogP contribution in [0.25, 0.3) is 11.3 Å². The number of nitrogens with one attached hydrogen (secondary N) is 1. The Morgan fingerprint density at radius 2 is 2.20 bits per heavy atom. The van der Waals surface area contributed by atoms with Gasteiger partial charge in [-0.2, -0.15) is 4.98 Å². The van der Waals surface area contributed by atoms with Crippen LogP contribution in [0.5, 0.6) is 0 Å². The molecule has 1 aliphatic heterocycles. The molecule has 3 heterocycles. The summed E-state index contributed by atoms with van der Waals surface area (Å²) in [5, 5.41) is 6.82. The minimum absolute atomic E-state index is 0.0667. The molecule has 1 aromatic carbocycles. The van der Waals surface area contributed by atoms with Crippen molar-refractivity contribution in [1.82, 2.24) is 25.0 Å². The molecule has 0 radical (unpaired) electrons. The van der Waals surface area contributed by atoms with Crippen molar-refractivity contribution in [3.05, 3.63) is 54.1 Å². The van der Waals surface area contributed by atoms with Crippen LogP contribution in [0.3, 0.4) is 0 Å². The average Bonchev–Trinajstić information content (AvgIpc) is 3.22. The van der Waals surface area contributed by atoms with Gasteiger partial charge in [0.2, 0.25) is 11.8 Å². The Kier molecular flexibility index (Phi) is 4.05. The lowest BCUT2D eigenvalue weighted by Gasteiger charge is -2.26. The van der Waals surface area contributed by atoms with Gasteiger partial charge in [0.05, 0.1) is 23.8 Å². The molecule has 1 aliphatic rings. The maximum Gasteiger partial charge on any atom is 0.236 e. The molecule has 0 saturated heterocycles. The predicted molar refractivity (Wildman–Crippen MR) is 90.5 cm³/mol. The van der Waals surface area contributed by atoms with Crippen molar-refractivity contribution < 1.29 is 9.32 Å². The molecule has 7 nitrogen and oxygen atoms in total. The molecule has 0 spiro atoms. The van der Waals surface area contributed by atoms with E-state index in [0.29, 0.717) is 11.7 Å². The number of benzene rings is 1. The van der Waals surface area contributed by atoms with E-state index in [0.717, 1.165) is 36.3 Å². The minimum atomic E-state index is -0.123. The van der Waals surface area contributed by atoms with Gasteiger partial charge in [-0.1, -0.05) is 35.5 Å².